The molecule has 0 bridgehead atoms. The van der Waals surface area contributed by atoms with Crippen molar-refractivity contribution >= 4 is 11.3 Å². The van der Waals surface area contributed by atoms with Crippen LogP contribution in [0.5, 0.6) is 0 Å². The van der Waals surface area contributed by atoms with Crippen LogP contribution >= 0.6 is 11.3 Å². The summed E-state index contributed by atoms with van der Waals surface area (Å²) in [7, 11) is 1.92. The first kappa shape index (κ1) is 13.1. The predicted molar refractivity (Wildman–Crippen MR) is 70.9 cm³/mol. The molecule has 1 heterocycles. The number of nitrogens with zero attached hydrogens (tertiary/aromatic N) is 2. The van der Waals surface area contributed by atoms with E-state index in [1.807, 2.05) is 17.3 Å². The number of aliphatic hydroxyl groups excluding tert-OH is 1. The molecular weight excluding hydrogens is 251 g/mol. The van der Waals surface area contributed by atoms with E-state index in [-0.39, 0.29) is 12.4 Å². The number of benzene rings is 1. The highest BCUT2D eigenvalue weighted by Gasteiger charge is 2.10. The van der Waals surface area contributed by atoms with Crippen LogP contribution in [0.25, 0.3) is 10.6 Å². The number of rotatable bonds is 5. The molecule has 18 heavy (non-hydrogen) atoms. The minimum absolute atomic E-state index is 0.126. The summed E-state index contributed by atoms with van der Waals surface area (Å²) in [5, 5.41) is 11.4. The monoisotopic (exact) mass is 266 g/mol. The van der Waals surface area contributed by atoms with Crippen LogP contribution in [0.15, 0.2) is 29.6 Å². The molecular formula is C13H15FN2OS. The van der Waals surface area contributed by atoms with Crippen LogP contribution in [0.2, 0.25) is 0 Å². The lowest BCUT2D eigenvalue weighted by molar-refractivity contribution is 0.216. The van der Waals surface area contributed by atoms with Gasteiger partial charge in [0.2, 0.25) is 0 Å². The molecule has 0 aliphatic heterocycles. The average Bonchev–Trinajstić information content (AvgIpc) is 2.78. The van der Waals surface area contributed by atoms with Gasteiger partial charge < -0.3 is 5.11 Å². The van der Waals surface area contributed by atoms with Crippen molar-refractivity contribution < 1.29 is 9.50 Å². The predicted octanol–water partition coefficient (Wildman–Crippen LogP) is 2.37. The summed E-state index contributed by atoms with van der Waals surface area (Å²) in [6, 6.07) is 6.64. The van der Waals surface area contributed by atoms with Gasteiger partial charge >= 0.3 is 0 Å². The zero-order valence-electron chi connectivity index (χ0n) is 10.1. The standard InChI is InChI=1S/C13H15FN2OS/c1-16(6-7-17)8-10-9-18-13(15-10)11-4-2-3-5-12(11)14/h2-5,9,17H,6-8H2,1H3. The van der Waals surface area contributed by atoms with E-state index in [2.05, 4.69) is 4.98 Å². The Morgan fingerprint density at radius 2 is 2.17 bits per heavy atom. The van der Waals surface area contributed by atoms with E-state index in [1.54, 1.807) is 18.2 Å². The molecule has 0 fully saturated rings. The Kier molecular flexibility index (Phi) is 4.41. The molecule has 0 aliphatic carbocycles. The lowest BCUT2D eigenvalue weighted by atomic mass is 10.2. The maximum atomic E-state index is 13.6. The zero-order chi connectivity index (χ0) is 13.0. The highest BCUT2D eigenvalue weighted by molar-refractivity contribution is 7.13. The third-order valence-electron chi connectivity index (χ3n) is 2.57. The molecule has 0 amide bonds. The highest BCUT2D eigenvalue weighted by Crippen LogP contribution is 2.26. The van der Waals surface area contributed by atoms with Crippen LogP contribution < -0.4 is 0 Å². The van der Waals surface area contributed by atoms with E-state index in [1.165, 1.54) is 17.4 Å². The van der Waals surface area contributed by atoms with Crippen molar-refractivity contribution in [1.82, 2.24) is 9.88 Å². The van der Waals surface area contributed by atoms with Crippen LogP contribution in [0, 0.1) is 5.82 Å². The number of thiazole rings is 1. The molecule has 0 atom stereocenters. The number of likely N-dealkylation sites (N-methyl/N-ethyl adjacent to an activating group) is 1. The Morgan fingerprint density at radius 3 is 2.89 bits per heavy atom. The molecule has 0 aliphatic rings. The molecule has 0 radical (unpaired) electrons. The van der Waals surface area contributed by atoms with E-state index in [4.69, 9.17) is 5.11 Å². The minimum Gasteiger partial charge on any atom is -0.395 e. The summed E-state index contributed by atoms with van der Waals surface area (Å²) in [6.07, 6.45) is 0. The topological polar surface area (TPSA) is 36.4 Å². The summed E-state index contributed by atoms with van der Waals surface area (Å²) in [5.74, 6) is -0.248. The van der Waals surface area contributed by atoms with Crippen molar-refractivity contribution in [3.05, 3.63) is 41.2 Å². The fourth-order valence-corrected chi connectivity index (χ4v) is 2.50. The number of hydrogen-bond acceptors (Lipinski definition) is 4. The Hall–Kier alpha value is -1.30. The van der Waals surface area contributed by atoms with Gasteiger partial charge in [0, 0.05) is 24.0 Å². The zero-order valence-corrected chi connectivity index (χ0v) is 11.0. The number of halogens is 1. The Morgan fingerprint density at radius 1 is 1.39 bits per heavy atom. The van der Waals surface area contributed by atoms with Gasteiger partial charge in [-0.05, 0) is 19.2 Å². The summed E-state index contributed by atoms with van der Waals surface area (Å²) in [4.78, 5) is 6.39. The van der Waals surface area contributed by atoms with Crippen LogP contribution in [-0.4, -0.2) is 35.2 Å². The minimum atomic E-state index is -0.248. The van der Waals surface area contributed by atoms with Gasteiger partial charge in [-0.15, -0.1) is 11.3 Å². The molecule has 0 spiro atoms. The molecule has 96 valence electrons. The molecule has 0 unspecified atom stereocenters. The van der Waals surface area contributed by atoms with Crippen molar-refractivity contribution in [3.8, 4) is 10.6 Å². The van der Waals surface area contributed by atoms with Gasteiger partial charge in [0.1, 0.15) is 10.8 Å². The molecule has 3 nitrogen and oxygen atoms in total. The summed E-state index contributed by atoms with van der Waals surface area (Å²) < 4.78 is 13.6. The van der Waals surface area contributed by atoms with Gasteiger partial charge in [-0.3, -0.25) is 4.90 Å². The molecule has 0 saturated carbocycles. The largest absolute Gasteiger partial charge is 0.395 e. The number of aliphatic hydroxyl groups is 1. The van der Waals surface area contributed by atoms with Crippen LogP contribution in [0.1, 0.15) is 5.69 Å². The third kappa shape index (κ3) is 3.13. The maximum absolute atomic E-state index is 13.6. The van der Waals surface area contributed by atoms with Crippen molar-refractivity contribution in [1.29, 1.82) is 0 Å². The average molecular weight is 266 g/mol. The van der Waals surface area contributed by atoms with Crippen LogP contribution in [-0.2, 0) is 6.54 Å². The van der Waals surface area contributed by atoms with Gasteiger partial charge in [-0.2, -0.15) is 0 Å². The molecule has 2 rings (SSSR count). The van der Waals surface area contributed by atoms with Crippen molar-refractivity contribution in [3.63, 3.8) is 0 Å². The number of aromatic nitrogens is 1. The molecule has 2 aromatic rings. The van der Waals surface area contributed by atoms with Gasteiger partial charge in [0.05, 0.1) is 12.3 Å². The van der Waals surface area contributed by atoms with Crippen LogP contribution in [0.3, 0.4) is 0 Å². The van der Waals surface area contributed by atoms with Gasteiger partial charge in [0.15, 0.2) is 0 Å². The second-order valence-electron chi connectivity index (χ2n) is 4.09. The SMILES string of the molecule is CN(CCO)Cc1csc(-c2ccccc2F)n1. The Bertz CT molecular complexity index is 515. The quantitative estimate of drug-likeness (QED) is 0.902. The summed E-state index contributed by atoms with van der Waals surface area (Å²) >= 11 is 1.44. The van der Waals surface area contributed by atoms with Crippen LogP contribution in [0.4, 0.5) is 4.39 Å². The normalized spacial score (nSPS) is 11.1. The van der Waals surface area contributed by atoms with E-state index < -0.39 is 0 Å². The Balaban J connectivity index is 2.13. The summed E-state index contributed by atoms with van der Waals surface area (Å²) in [6.45, 7) is 1.39. The maximum Gasteiger partial charge on any atom is 0.133 e. The molecule has 1 aromatic carbocycles. The van der Waals surface area contributed by atoms with E-state index in [0.29, 0.717) is 23.7 Å². The molecule has 5 heteroatoms. The molecule has 1 N–H and O–H groups in total. The first-order chi connectivity index (χ1) is 8.70. The van der Waals surface area contributed by atoms with Crippen molar-refractivity contribution in [2.75, 3.05) is 20.2 Å². The van der Waals surface area contributed by atoms with Crippen molar-refractivity contribution in [2.45, 2.75) is 6.54 Å². The smallest absolute Gasteiger partial charge is 0.133 e. The van der Waals surface area contributed by atoms with E-state index in [9.17, 15) is 4.39 Å². The van der Waals surface area contributed by atoms with Gasteiger partial charge in [0.25, 0.3) is 0 Å². The van der Waals surface area contributed by atoms with Gasteiger partial charge in [-0.25, -0.2) is 9.37 Å². The second kappa shape index (κ2) is 6.04. The lowest BCUT2D eigenvalue weighted by Crippen LogP contribution is -2.21. The Labute approximate surface area is 110 Å². The fourth-order valence-electron chi connectivity index (χ4n) is 1.66. The molecule has 0 saturated heterocycles. The summed E-state index contributed by atoms with van der Waals surface area (Å²) in [5.41, 5.74) is 1.44. The lowest BCUT2D eigenvalue weighted by Gasteiger charge is -2.12. The van der Waals surface area contributed by atoms with Crippen molar-refractivity contribution in [2.24, 2.45) is 0 Å². The fraction of sp³-hybridized carbons (Fsp3) is 0.308. The second-order valence-corrected chi connectivity index (χ2v) is 4.94. The number of hydrogen-bond donors (Lipinski definition) is 1. The van der Waals surface area contributed by atoms with E-state index in [0.717, 1.165) is 5.69 Å². The van der Waals surface area contributed by atoms with Gasteiger partial charge in [-0.1, -0.05) is 12.1 Å². The molecule has 1 aromatic heterocycles. The first-order valence-corrected chi connectivity index (χ1v) is 6.57. The third-order valence-corrected chi connectivity index (χ3v) is 3.49. The van der Waals surface area contributed by atoms with E-state index >= 15 is 0 Å². The highest BCUT2D eigenvalue weighted by atomic mass is 32.1. The first-order valence-electron chi connectivity index (χ1n) is 5.69.